The van der Waals surface area contributed by atoms with E-state index in [1.54, 1.807) is 18.2 Å². The average Bonchev–Trinajstić information content (AvgIpc) is 2.68. The maximum Gasteiger partial charge on any atom is 0.336 e. The summed E-state index contributed by atoms with van der Waals surface area (Å²) >= 11 is 0. The Morgan fingerprint density at radius 2 is 1.79 bits per heavy atom. The van der Waals surface area contributed by atoms with Crippen molar-refractivity contribution in [1.29, 1.82) is 0 Å². The first-order chi connectivity index (χ1) is 13.4. The highest BCUT2D eigenvalue weighted by Gasteiger charge is 2.18. The molecule has 0 aliphatic rings. The van der Waals surface area contributed by atoms with E-state index in [0.29, 0.717) is 46.9 Å². The zero-order valence-corrected chi connectivity index (χ0v) is 15.3. The molecule has 28 heavy (non-hydrogen) atoms. The van der Waals surface area contributed by atoms with Gasteiger partial charge in [0, 0.05) is 29.1 Å². The maximum atomic E-state index is 11.8. The van der Waals surface area contributed by atoms with Gasteiger partial charge in [-0.2, -0.15) is 0 Å². The van der Waals surface area contributed by atoms with Gasteiger partial charge in [0.15, 0.2) is 11.5 Å². The van der Waals surface area contributed by atoms with Gasteiger partial charge in [-0.05, 0) is 26.0 Å². The van der Waals surface area contributed by atoms with Crippen molar-refractivity contribution < 1.29 is 24.3 Å². The summed E-state index contributed by atoms with van der Waals surface area (Å²) in [6, 6.07) is 10.5. The van der Waals surface area contributed by atoms with Crippen LogP contribution in [0.15, 0.2) is 42.5 Å². The SMILES string of the molecule is CCOc1cc2nc(-c3cccc([N+](=O)[O-])c3)cc(C(=O)O)c2cc1OCC. The van der Waals surface area contributed by atoms with Crippen molar-refractivity contribution in [1.82, 2.24) is 4.98 Å². The van der Waals surface area contributed by atoms with Crippen molar-refractivity contribution in [2.75, 3.05) is 13.2 Å². The number of pyridine rings is 1. The Labute approximate surface area is 160 Å². The van der Waals surface area contributed by atoms with Crippen LogP contribution in [0.3, 0.4) is 0 Å². The third kappa shape index (κ3) is 3.71. The number of nitro benzene ring substituents is 1. The summed E-state index contributed by atoms with van der Waals surface area (Å²) in [5, 5.41) is 21.1. The Bertz CT molecular complexity index is 1060. The van der Waals surface area contributed by atoms with Gasteiger partial charge >= 0.3 is 5.97 Å². The molecule has 0 spiro atoms. The molecule has 1 N–H and O–H groups in total. The van der Waals surface area contributed by atoms with Gasteiger partial charge in [0.05, 0.1) is 34.9 Å². The van der Waals surface area contributed by atoms with E-state index in [9.17, 15) is 20.0 Å². The quantitative estimate of drug-likeness (QED) is 0.479. The number of nitrogens with zero attached hydrogens (tertiary/aromatic N) is 2. The minimum atomic E-state index is -1.13. The van der Waals surface area contributed by atoms with Crippen molar-refractivity contribution in [3.63, 3.8) is 0 Å². The number of carboxylic acids is 1. The standard InChI is InChI=1S/C20H18N2O6/c1-3-27-18-10-14-15(20(23)24)9-16(21-17(14)11-19(18)28-4-2)12-6-5-7-13(8-12)22(25)26/h5-11H,3-4H2,1-2H3,(H,23,24). The van der Waals surface area contributed by atoms with E-state index < -0.39 is 10.9 Å². The molecule has 0 unspecified atom stereocenters. The number of hydrogen-bond acceptors (Lipinski definition) is 6. The molecule has 0 amide bonds. The van der Waals surface area contributed by atoms with Gasteiger partial charge in [-0.15, -0.1) is 0 Å². The van der Waals surface area contributed by atoms with Crippen molar-refractivity contribution in [3.8, 4) is 22.8 Å². The Morgan fingerprint density at radius 1 is 1.11 bits per heavy atom. The molecule has 0 saturated heterocycles. The zero-order valence-electron chi connectivity index (χ0n) is 15.3. The second-order valence-electron chi connectivity index (χ2n) is 5.85. The first-order valence-electron chi connectivity index (χ1n) is 8.67. The molecule has 0 radical (unpaired) electrons. The molecule has 0 saturated carbocycles. The topological polar surface area (TPSA) is 112 Å². The van der Waals surface area contributed by atoms with Crippen molar-refractivity contribution in [2.24, 2.45) is 0 Å². The smallest absolute Gasteiger partial charge is 0.336 e. The number of carboxylic acid groups (broad SMARTS) is 1. The lowest BCUT2D eigenvalue weighted by molar-refractivity contribution is -0.384. The second kappa shape index (κ2) is 7.91. The van der Waals surface area contributed by atoms with Crippen LogP contribution in [-0.4, -0.2) is 34.2 Å². The summed E-state index contributed by atoms with van der Waals surface area (Å²) in [6.07, 6.45) is 0. The third-order valence-corrected chi connectivity index (χ3v) is 4.06. The Balaban J connectivity index is 2.26. The molecule has 0 aliphatic heterocycles. The third-order valence-electron chi connectivity index (χ3n) is 4.06. The summed E-state index contributed by atoms with van der Waals surface area (Å²) in [5.41, 5.74) is 1.09. The van der Waals surface area contributed by atoms with Crippen LogP contribution in [0.2, 0.25) is 0 Å². The van der Waals surface area contributed by atoms with E-state index in [-0.39, 0.29) is 11.3 Å². The first kappa shape index (κ1) is 19.1. The average molecular weight is 382 g/mol. The zero-order chi connectivity index (χ0) is 20.3. The van der Waals surface area contributed by atoms with Gasteiger partial charge in [-0.25, -0.2) is 9.78 Å². The lowest BCUT2D eigenvalue weighted by Crippen LogP contribution is -2.03. The van der Waals surface area contributed by atoms with Crippen LogP contribution in [-0.2, 0) is 0 Å². The van der Waals surface area contributed by atoms with E-state index in [2.05, 4.69) is 4.98 Å². The van der Waals surface area contributed by atoms with Crippen LogP contribution < -0.4 is 9.47 Å². The minimum absolute atomic E-state index is 0.0236. The van der Waals surface area contributed by atoms with E-state index in [0.717, 1.165) is 0 Å². The van der Waals surface area contributed by atoms with Crippen LogP contribution in [0, 0.1) is 10.1 Å². The highest BCUT2D eigenvalue weighted by molar-refractivity contribution is 6.04. The first-order valence-corrected chi connectivity index (χ1v) is 8.67. The molecule has 2 aromatic carbocycles. The molecule has 1 heterocycles. The second-order valence-corrected chi connectivity index (χ2v) is 5.85. The number of aromatic nitrogens is 1. The largest absolute Gasteiger partial charge is 0.490 e. The molecule has 1 aromatic heterocycles. The summed E-state index contributed by atoms with van der Waals surface area (Å²) < 4.78 is 11.2. The highest BCUT2D eigenvalue weighted by atomic mass is 16.6. The molecule has 3 rings (SSSR count). The van der Waals surface area contributed by atoms with Crippen molar-refractivity contribution >= 4 is 22.6 Å². The molecule has 0 fully saturated rings. The van der Waals surface area contributed by atoms with Crippen molar-refractivity contribution in [3.05, 3.63) is 58.1 Å². The number of aromatic carboxylic acids is 1. The van der Waals surface area contributed by atoms with Crippen molar-refractivity contribution in [2.45, 2.75) is 13.8 Å². The summed E-state index contributed by atoms with van der Waals surface area (Å²) in [5.74, 6) is -0.244. The fourth-order valence-electron chi connectivity index (χ4n) is 2.87. The molecule has 8 heteroatoms. The molecular formula is C20H18N2O6. The molecule has 0 aliphatic carbocycles. The van der Waals surface area contributed by atoms with E-state index in [1.165, 1.54) is 24.3 Å². The molecule has 144 valence electrons. The molecule has 0 atom stereocenters. The number of rotatable bonds is 7. The maximum absolute atomic E-state index is 11.8. The number of nitro groups is 1. The number of hydrogen-bond donors (Lipinski definition) is 1. The van der Waals surface area contributed by atoms with E-state index in [1.807, 2.05) is 13.8 Å². The van der Waals surface area contributed by atoms with Gasteiger partial charge < -0.3 is 14.6 Å². The predicted molar refractivity (Wildman–Crippen MR) is 103 cm³/mol. The summed E-state index contributed by atoms with van der Waals surface area (Å²) in [7, 11) is 0. The number of non-ortho nitro benzene ring substituents is 1. The minimum Gasteiger partial charge on any atom is -0.490 e. The Hall–Kier alpha value is -3.68. The number of benzene rings is 2. The molecular weight excluding hydrogens is 364 g/mol. The molecule has 8 nitrogen and oxygen atoms in total. The monoisotopic (exact) mass is 382 g/mol. The number of carbonyl (C=O) groups is 1. The van der Waals surface area contributed by atoms with Gasteiger partial charge in [0.25, 0.3) is 5.69 Å². The van der Waals surface area contributed by atoms with Crippen LogP contribution >= 0.6 is 0 Å². The Kier molecular flexibility index (Phi) is 5.39. The van der Waals surface area contributed by atoms with Crippen LogP contribution in [0.4, 0.5) is 5.69 Å². The fourth-order valence-corrected chi connectivity index (χ4v) is 2.87. The normalized spacial score (nSPS) is 10.6. The van der Waals surface area contributed by atoms with E-state index >= 15 is 0 Å². The molecule has 0 bridgehead atoms. The molecule has 3 aromatic rings. The van der Waals surface area contributed by atoms with Gasteiger partial charge in [0.1, 0.15) is 0 Å². The van der Waals surface area contributed by atoms with Crippen LogP contribution in [0.25, 0.3) is 22.2 Å². The lowest BCUT2D eigenvalue weighted by atomic mass is 10.0. The van der Waals surface area contributed by atoms with Gasteiger partial charge in [-0.1, -0.05) is 12.1 Å². The summed E-state index contributed by atoms with van der Waals surface area (Å²) in [4.78, 5) is 26.9. The lowest BCUT2D eigenvalue weighted by Gasteiger charge is -2.14. The number of ether oxygens (including phenoxy) is 2. The Morgan fingerprint density at radius 3 is 2.39 bits per heavy atom. The van der Waals surface area contributed by atoms with Gasteiger partial charge in [0.2, 0.25) is 0 Å². The van der Waals surface area contributed by atoms with Crippen LogP contribution in [0.5, 0.6) is 11.5 Å². The fraction of sp³-hybridized carbons (Fsp3) is 0.200. The van der Waals surface area contributed by atoms with Gasteiger partial charge in [-0.3, -0.25) is 10.1 Å². The highest BCUT2D eigenvalue weighted by Crippen LogP contribution is 2.35. The van der Waals surface area contributed by atoms with E-state index in [4.69, 9.17) is 9.47 Å². The summed E-state index contributed by atoms with van der Waals surface area (Å²) in [6.45, 7) is 4.45. The predicted octanol–water partition coefficient (Wildman–Crippen LogP) is 4.31. The van der Waals surface area contributed by atoms with Crippen LogP contribution in [0.1, 0.15) is 24.2 Å². The number of fused-ring (bicyclic) bond motifs is 1.